The number of nitrogens with zero attached hydrogens (tertiary/aromatic N) is 3. The van der Waals surface area contributed by atoms with Gasteiger partial charge in [0.25, 0.3) is 0 Å². The van der Waals surface area contributed by atoms with E-state index in [1.54, 1.807) is 0 Å². The summed E-state index contributed by atoms with van der Waals surface area (Å²) in [5.41, 5.74) is 0. The third-order valence-corrected chi connectivity index (χ3v) is 3.19. The lowest BCUT2D eigenvalue weighted by Gasteiger charge is -2.14. The molecule has 1 aromatic heterocycles. The lowest BCUT2D eigenvalue weighted by atomic mass is 10.1. The van der Waals surface area contributed by atoms with Crippen LogP contribution in [-0.4, -0.2) is 25.8 Å². The van der Waals surface area contributed by atoms with E-state index in [1.807, 2.05) is 4.57 Å². The molecule has 88 valence electrons. The Balaban J connectivity index is 2.32. The maximum absolute atomic E-state index is 11.1. The van der Waals surface area contributed by atoms with E-state index >= 15 is 0 Å². The molecule has 0 fully saturated rings. The number of fused-ring (bicyclic) bond motifs is 1. The van der Waals surface area contributed by atoms with E-state index < -0.39 is 12.0 Å². The zero-order chi connectivity index (χ0) is 11.7. The van der Waals surface area contributed by atoms with Crippen LogP contribution in [0.15, 0.2) is 0 Å². The van der Waals surface area contributed by atoms with E-state index in [0.717, 1.165) is 30.9 Å². The normalized spacial score (nSPS) is 20.8. The summed E-state index contributed by atoms with van der Waals surface area (Å²) < 4.78 is 1.82. The maximum atomic E-state index is 11.1. The number of hydrogen-bond donors (Lipinski definition) is 1. The van der Waals surface area contributed by atoms with Gasteiger partial charge in [0.2, 0.25) is 0 Å². The molecule has 2 rings (SSSR count). The number of carbonyl (C=O) groups is 1. The minimum absolute atomic E-state index is 0.284. The number of aryl methyl sites for hydroxylation is 1. The summed E-state index contributed by atoms with van der Waals surface area (Å²) in [6.45, 7) is 4.20. The fraction of sp³-hybridized carbons (Fsp3) is 0.727. The van der Waals surface area contributed by atoms with Gasteiger partial charge in [0.05, 0.1) is 0 Å². The Labute approximate surface area is 94.5 Å². The van der Waals surface area contributed by atoms with Crippen LogP contribution < -0.4 is 0 Å². The van der Waals surface area contributed by atoms with Gasteiger partial charge in [0.1, 0.15) is 17.7 Å². The first-order valence-corrected chi connectivity index (χ1v) is 5.81. The molecule has 0 bridgehead atoms. The van der Waals surface area contributed by atoms with E-state index in [-0.39, 0.29) is 5.92 Å². The van der Waals surface area contributed by atoms with Gasteiger partial charge in [-0.3, -0.25) is 0 Å². The molecule has 2 heterocycles. The first kappa shape index (κ1) is 11.1. The second-order valence-corrected chi connectivity index (χ2v) is 4.43. The summed E-state index contributed by atoms with van der Waals surface area (Å²) in [7, 11) is 0. The molecular weight excluding hydrogens is 206 g/mol. The molecule has 5 heteroatoms. The van der Waals surface area contributed by atoms with Crippen LogP contribution in [-0.2, 0) is 11.2 Å². The monoisotopic (exact) mass is 223 g/mol. The van der Waals surface area contributed by atoms with Crippen LogP contribution in [0.25, 0.3) is 0 Å². The summed E-state index contributed by atoms with van der Waals surface area (Å²) >= 11 is 0. The Morgan fingerprint density at radius 2 is 2.38 bits per heavy atom. The topological polar surface area (TPSA) is 68.0 Å². The number of carboxylic acid groups (broad SMARTS) is 1. The van der Waals surface area contributed by atoms with Gasteiger partial charge in [-0.25, -0.2) is 4.79 Å². The minimum atomic E-state index is -0.775. The summed E-state index contributed by atoms with van der Waals surface area (Å²) in [6.07, 6.45) is 3.46. The Kier molecular flexibility index (Phi) is 2.94. The Bertz CT molecular complexity index is 400. The highest BCUT2D eigenvalue weighted by Gasteiger charge is 2.33. The molecule has 0 aromatic carbocycles. The number of rotatable bonds is 4. The smallest absolute Gasteiger partial charge is 0.326 e. The SMILES string of the molecule is CCC[C@H](C)c1nnc2n1C(C(=O)O)CC2. The predicted octanol–water partition coefficient (Wildman–Crippen LogP) is 1.75. The van der Waals surface area contributed by atoms with Gasteiger partial charge in [-0.1, -0.05) is 20.3 Å². The molecule has 1 aliphatic rings. The van der Waals surface area contributed by atoms with Gasteiger partial charge in [-0.2, -0.15) is 0 Å². The molecule has 0 spiro atoms. The van der Waals surface area contributed by atoms with Gasteiger partial charge in [0, 0.05) is 12.3 Å². The average molecular weight is 223 g/mol. The van der Waals surface area contributed by atoms with Crippen LogP contribution in [0.1, 0.15) is 56.7 Å². The molecule has 1 N–H and O–H groups in total. The molecule has 0 amide bonds. The predicted molar refractivity (Wildman–Crippen MR) is 58.3 cm³/mol. The second kappa shape index (κ2) is 4.23. The van der Waals surface area contributed by atoms with Crippen LogP contribution >= 0.6 is 0 Å². The first-order valence-electron chi connectivity index (χ1n) is 5.81. The van der Waals surface area contributed by atoms with Crippen LogP contribution in [0.4, 0.5) is 0 Å². The molecule has 1 unspecified atom stereocenters. The summed E-state index contributed by atoms with van der Waals surface area (Å²) in [5.74, 6) is 1.17. The molecule has 2 atom stereocenters. The lowest BCUT2D eigenvalue weighted by Crippen LogP contribution is -2.18. The summed E-state index contributed by atoms with van der Waals surface area (Å²) in [6, 6.07) is -0.459. The highest BCUT2D eigenvalue weighted by atomic mass is 16.4. The van der Waals surface area contributed by atoms with Gasteiger partial charge >= 0.3 is 5.97 Å². The van der Waals surface area contributed by atoms with Gasteiger partial charge < -0.3 is 9.67 Å². The molecule has 5 nitrogen and oxygen atoms in total. The minimum Gasteiger partial charge on any atom is -0.480 e. The molecule has 1 aromatic rings. The Hall–Kier alpha value is -1.39. The van der Waals surface area contributed by atoms with E-state index in [1.165, 1.54) is 0 Å². The highest BCUT2D eigenvalue weighted by molar-refractivity contribution is 5.72. The van der Waals surface area contributed by atoms with Crippen molar-refractivity contribution in [3.63, 3.8) is 0 Å². The molecular formula is C11H17N3O2. The average Bonchev–Trinajstić information content (AvgIpc) is 2.76. The van der Waals surface area contributed by atoms with Crippen LogP contribution in [0.5, 0.6) is 0 Å². The van der Waals surface area contributed by atoms with Crippen molar-refractivity contribution in [2.75, 3.05) is 0 Å². The quantitative estimate of drug-likeness (QED) is 0.844. The van der Waals surface area contributed by atoms with Crippen LogP contribution in [0, 0.1) is 0 Å². The number of aliphatic carboxylic acids is 1. The number of hydrogen-bond acceptors (Lipinski definition) is 3. The third-order valence-electron chi connectivity index (χ3n) is 3.19. The van der Waals surface area contributed by atoms with E-state index in [2.05, 4.69) is 24.0 Å². The van der Waals surface area contributed by atoms with Crippen LogP contribution in [0.3, 0.4) is 0 Å². The maximum Gasteiger partial charge on any atom is 0.326 e. The van der Waals surface area contributed by atoms with Crippen molar-refractivity contribution < 1.29 is 9.90 Å². The molecule has 0 radical (unpaired) electrons. The summed E-state index contributed by atoms with van der Waals surface area (Å²) in [5, 5.41) is 17.4. The van der Waals surface area contributed by atoms with Crippen molar-refractivity contribution in [2.45, 2.75) is 51.5 Å². The molecule has 16 heavy (non-hydrogen) atoms. The molecule has 0 saturated carbocycles. The van der Waals surface area contributed by atoms with E-state index in [9.17, 15) is 4.79 Å². The molecule has 0 saturated heterocycles. The lowest BCUT2D eigenvalue weighted by molar-refractivity contribution is -0.140. The molecule has 1 aliphatic heterocycles. The number of aromatic nitrogens is 3. The standard InChI is InChI=1S/C11H17N3O2/c1-3-4-7(2)10-13-12-9-6-5-8(11(15)16)14(9)10/h7-8H,3-6H2,1-2H3,(H,15,16)/t7-,8?/m0/s1. The Morgan fingerprint density at radius 1 is 1.62 bits per heavy atom. The van der Waals surface area contributed by atoms with E-state index in [0.29, 0.717) is 6.42 Å². The van der Waals surface area contributed by atoms with Crippen molar-refractivity contribution in [3.05, 3.63) is 11.6 Å². The fourth-order valence-corrected chi connectivity index (χ4v) is 2.37. The van der Waals surface area contributed by atoms with Crippen molar-refractivity contribution in [1.29, 1.82) is 0 Å². The van der Waals surface area contributed by atoms with Gasteiger partial charge in [0.15, 0.2) is 0 Å². The van der Waals surface area contributed by atoms with Crippen molar-refractivity contribution in [3.8, 4) is 0 Å². The zero-order valence-electron chi connectivity index (χ0n) is 9.68. The zero-order valence-corrected chi connectivity index (χ0v) is 9.68. The third kappa shape index (κ3) is 1.70. The fourth-order valence-electron chi connectivity index (χ4n) is 2.37. The largest absolute Gasteiger partial charge is 0.480 e. The van der Waals surface area contributed by atoms with Gasteiger partial charge in [-0.05, 0) is 12.8 Å². The highest BCUT2D eigenvalue weighted by Crippen LogP contribution is 2.30. The molecule has 0 aliphatic carbocycles. The van der Waals surface area contributed by atoms with Crippen LogP contribution in [0.2, 0.25) is 0 Å². The summed E-state index contributed by atoms with van der Waals surface area (Å²) in [4.78, 5) is 11.1. The van der Waals surface area contributed by atoms with Crippen molar-refractivity contribution >= 4 is 5.97 Å². The van der Waals surface area contributed by atoms with Crippen molar-refractivity contribution in [1.82, 2.24) is 14.8 Å². The van der Waals surface area contributed by atoms with E-state index in [4.69, 9.17) is 5.11 Å². The second-order valence-electron chi connectivity index (χ2n) is 4.43. The number of carboxylic acids is 1. The van der Waals surface area contributed by atoms with Gasteiger partial charge in [-0.15, -0.1) is 10.2 Å². The first-order chi connectivity index (χ1) is 7.65. The van der Waals surface area contributed by atoms with Crippen molar-refractivity contribution in [2.24, 2.45) is 0 Å². The Morgan fingerprint density at radius 3 is 3.00 bits per heavy atom.